The quantitative estimate of drug-likeness (QED) is 0.253. The molecule has 0 aliphatic heterocycles. The minimum Gasteiger partial charge on any atom is -0.493 e. The van der Waals surface area contributed by atoms with Crippen LogP contribution < -0.4 is 24.3 Å². The molecule has 8 nitrogen and oxygen atoms in total. The topological polar surface area (TPSA) is 83.8 Å². The maximum atomic E-state index is 13.0. The molecule has 0 aliphatic carbocycles. The molecule has 0 radical (unpaired) electrons. The minimum absolute atomic E-state index is 0.240. The average molecular weight is 526 g/mol. The highest BCUT2D eigenvalue weighted by molar-refractivity contribution is 5.95. The first-order chi connectivity index (χ1) is 19.1. The largest absolute Gasteiger partial charge is 0.493 e. The Morgan fingerprint density at radius 2 is 1.56 bits per heavy atom. The summed E-state index contributed by atoms with van der Waals surface area (Å²) in [6, 6.07) is 25.6. The van der Waals surface area contributed by atoms with Gasteiger partial charge in [0.2, 0.25) is 5.75 Å². The zero-order valence-electron chi connectivity index (χ0n) is 22.3. The van der Waals surface area contributed by atoms with Gasteiger partial charge in [-0.3, -0.25) is 4.79 Å². The first-order valence-corrected chi connectivity index (χ1v) is 12.8. The van der Waals surface area contributed by atoms with Crippen LogP contribution in [-0.4, -0.2) is 49.9 Å². The SMILES string of the molecule is COc1cc(C(=O)NCCc2nc3ccccc3n2CCOc2cccc3ccccc23)cc(OC)c1OC. The van der Waals surface area contributed by atoms with E-state index in [0.29, 0.717) is 48.9 Å². The van der Waals surface area contributed by atoms with Crippen molar-refractivity contribution in [2.75, 3.05) is 34.5 Å². The van der Waals surface area contributed by atoms with Gasteiger partial charge in [0.15, 0.2) is 11.5 Å². The molecule has 0 aliphatic rings. The molecule has 0 atom stereocenters. The predicted octanol–water partition coefficient (Wildman–Crippen LogP) is 5.27. The number of aromatic nitrogens is 2. The van der Waals surface area contributed by atoms with Gasteiger partial charge in [-0.2, -0.15) is 0 Å². The van der Waals surface area contributed by atoms with Crippen molar-refractivity contribution in [1.29, 1.82) is 0 Å². The number of imidazole rings is 1. The van der Waals surface area contributed by atoms with Crippen molar-refractivity contribution in [2.45, 2.75) is 13.0 Å². The van der Waals surface area contributed by atoms with Crippen LogP contribution in [0.3, 0.4) is 0 Å². The molecule has 5 aromatic rings. The molecule has 1 heterocycles. The highest BCUT2D eigenvalue weighted by atomic mass is 16.5. The number of benzene rings is 4. The molecular formula is C31H31N3O5. The van der Waals surface area contributed by atoms with E-state index in [1.807, 2.05) is 42.5 Å². The fraction of sp³-hybridized carbons (Fsp3) is 0.226. The second-order valence-electron chi connectivity index (χ2n) is 8.91. The molecule has 1 amide bonds. The molecule has 4 aromatic carbocycles. The zero-order chi connectivity index (χ0) is 27.2. The molecule has 5 rings (SSSR count). The number of para-hydroxylation sites is 2. The lowest BCUT2D eigenvalue weighted by atomic mass is 10.1. The summed E-state index contributed by atoms with van der Waals surface area (Å²) >= 11 is 0. The molecule has 39 heavy (non-hydrogen) atoms. The lowest BCUT2D eigenvalue weighted by molar-refractivity contribution is 0.0953. The number of carbonyl (C=O) groups excluding carboxylic acids is 1. The van der Waals surface area contributed by atoms with Crippen molar-refractivity contribution in [2.24, 2.45) is 0 Å². The number of amides is 1. The summed E-state index contributed by atoms with van der Waals surface area (Å²) in [6.45, 7) is 1.52. The second kappa shape index (κ2) is 11.8. The van der Waals surface area contributed by atoms with E-state index in [1.54, 1.807) is 12.1 Å². The number of fused-ring (bicyclic) bond motifs is 2. The van der Waals surface area contributed by atoms with Gasteiger partial charge < -0.3 is 28.8 Å². The van der Waals surface area contributed by atoms with Gasteiger partial charge in [-0.05, 0) is 35.7 Å². The number of carbonyl (C=O) groups is 1. The van der Waals surface area contributed by atoms with Crippen molar-refractivity contribution >= 4 is 27.7 Å². The molecule has 8 heteroatoms. The highest BCUT2D eigenvalue weighted by Crippen LogP contribution is 2.38. The first kappa shape index (κ1) is 25.9. The van der Waals surface area contributed by atoms with E-state index in [1.165, 1.54) is 21.3 Å². The molecule has 1 aromatic heterocycles. The maximum Gasteiger partial charge on any atom is 0.251 e. The summed E-state index contributed by atoms with van der Waals surface area (Å²) in [5.74, 6) is 2.79. The zero-order valence-corrected chi connectivity index (χ0v) is 22.3. The van der Waals surface area contributed by atoms with E-state index in [4.69, 9.17) is 23.9 Å². The Morgan fingerprint density at radius 1 is 0.846 bits per heavy atom. The number of nitrogens with one attached hydrogen (secondary N) is 1. The van der Waals surface area contributed by atoms with Gasteiger partial charge >= 0.3 is 0 Å². The van der Waals surface area contributed by atoms with Gasteiger partial charge in [0.05, 0.1) is 38.9 Å². The van der Waals surface area contributed by atoms with Crippen LogP contribution in [0.15, 0.2) is 78.9 Å². The average Bonchev–Trinajstić information content (AvgIpc) is 3.33. The van der Waals surface area contributed by atoms with Gasteiger partial charge in [0, 0.05) is 23.9 Å². The fourth-order valence-corrected chi connectivity index (χ4v) is 4.74. The Morgan fingerprint density at radius 3 is 2.33 bits per heavy atom. The third kappa shape index (κ3) is 5.45. The molecule has 0 spiro atoms. The van der Waals surface area contributed by atoms with Crippen LogP contribution in [0.25, 0.3) is 21.8 Å². The number of hydrogen-bond acceptors (Lipinski definition) is 6. The van der Waals surface area contributed by atoms with Gasteiger partial charge in [0.1, 0.15) is 18.2 Å². The van der Waals surface area contributed by atoms with Crippen molar-refractivity contribution < 1.29 is 23.7 Å². The molecule has 0 saturated carbocycles. The number of rotatable bonds is 11. The Balaban J connectivity index is 1.28. The summed E-state index contributed by atoms with van der Waals surface area (Å²) < 4.78 is 24.5. The van der Waals surface area contributed by atoms with Crippen LogP contribution in [-0.2, 0) is 13.0 Å². The lowest BCUT2D eigenvalue weighted by Crippen LogP contribution is -2.27. The van der Waals surface area contributed by atoms with Gasteiger partial charge in [-0.25, -0.2) is 4.98 Å². The van der Waals surface area contributed by atoms with E-state index in [0.717, 1.165) is 33.4 Å². The molecule has 0 bridgehead atoms. The molecule has 0 fully saturated rings. The Labute approximate surface area is 227 Å². The van der Waals surface area contributed by atoms with Crippen molar-refractivity contribution in [3.05, 3.63) is 90.3 Å². The Hall–Kier alpha value is -4.72. The van der Waals surface area contributed by atoms with Gasteiger partial charge in [-0.15, -0.1) is 0 Å². The number of nitrogens with zero attached hydrogens (tertiary/aromatic N) is 2. The molecular weight excluding hydrogens is 494 g/mol. The van der Waals surface area contributed by atoms with Crippen LogP contribution in [0.1, 0.15) is 16.2 Å². The minimum atomic E-state index is -0.240. The Kier molecular flexibility index (Phi) is 7.82. The fourth-order valence-electron chi connectivity index (χ4n) is 4.74. The summed E-state index contributed by atoms with van der Waals surface area (Å²) in [5.41, 5.74) is 2.36. The van der Waals surface area contributed by atoms with E-state index in [-0.39, 0.29) is 5.91 Å². The lowest BCUT2D eigenvalue weighted by Gasteiger charge is -2.14. The second-order valence-corrected chi connectivity index (χ2v) is 8.91. The Bertz CT molecular complexity index is 1580. The molecule has 0 saturated heterocycles. The van der Waals surface area contributed by atoms with Gasteiger partial charge in [-0.1, -0.05) is 48.5 Å². The molecule has 0 unspecified atom stereocenters. The summed E-state index contributed by atoms with van der Waals surface area (Å²) in [5, 5.41) is 5.22. The van der Waals surface area contributed by atoms with E-state index >= 15 is 0 Å². The van der Waals surface area contributed by atoms with Crippen LogP contribution in [0, 0.1) is 0 Å². The predicted molar refractivity (Wildman–Crippen MR) is 151 cm³/mol. The molecule has 200 valence electrons. The third-order valence-corrected chi connectivity index (χ3v) is 6.62. The summed E-state index contributed by atoms with van der Waals surface area (Å²) in [6.07, 6.45) is 0.555. The maximum absolute atomic E-state index is 13.0. The first-order valence-electron chi connectivity index (χ1n) is 12.8. The highest BCUT2D eigenvalue weighted by Gasteiger charge is 2.17. The van der Waals surface area contributed by atoms with Crippen LogP contribution in [0.5, 0.6) is 23.0 Å². The van der Waals surface area contributed by atoms with E-state index < -0.39 is 0 Å². The third-order valence-electron chi connectivity index (χ3n) is 6.62. The summed E-state index contributed by atoms with van der Waals surface area (Å²) in [7, 11) is 4.57. The standard InChI is InChI=1S/C31H31N3O5/c1-36-27-19-22(20-28(37-2)30(27)38-3)31(35)32-16-15-29-33-24-12-6-7-13-25(24)34(29)17-18-39-26-14-8-10-21-9-4-5-11-23(21)26/h4-14,19-20H,15-18H2,1-3H3,(H,32,35). The van der Waals surface area contributed by atoms with Crippen molar-refractivity contribution in [3.8, 4) is 23.0 Å². The number of hydrogen-bond donors (Lipinski definition) is 1. The van der Waals surface area contributed by atoms with Gasteiger partial charge in [0.25, 0.3) is 5.91 Å². The van der Waals surface area contributed by atoms with Crippen LogP contribution in [0.2, 0.25) is 0 Å². The van der Waals surface area contributed by atoms with Crippen molar-refractivity contribution in [3.63, 3.8) is 0 Å². The van der Waals surface area contributed by atoms with Crippen LogP contribution in [0.4, 0.5) is 0 Å². The number of ether oxygens (including phenoxy) is 4. The number of methoxy groups -OCH3 is 3. The van der Waals surface area contributed by atoms with E-state index in [9.17, 15) is 4.79 Å². The van der Waals surface area contributed by atoms with E-state index in [2.05, 4.69) is 34.1 Å². The smallest absolute Gasteiger partial charge is 0.251 e. The summed E-state index contributed by atoms with van der Waals surface area (Å²) in [4.78, 5) is 17.8. The molecule has 1 N–H and O–H groups in total. The normalized spacial score (nSPS) is 10.9. The monoisotopic (exact) mass is 525 g/mol. The van der Waals surface area contributed by atoms with Crippen molar-refractivity contribution in [1.82, 2.24) is 14.9 Å². The van der Waals surface area contributed by atoms with Crippen LogP contribution >= 0.6 is 0 Å².